The van der Waals surface area contributed by atoms with Gasteiger partial charge in [-0.25, -0.2) is 0 Å². The molecular formula is C18H22N2O2. The Labute approximate surface area is 131 Å². The Morgan fingerprint density at radius 3 is 1.09 bits per heavy atom. The van der Waals surface area contributed by atoms with Crippen LogP contribution in [0.2, 0.25) is 0 Å². The van der Waals surface area contributed by atoms with Gasteiger partial charge in [-0.1, -0.05) is 0 Å². The smallest absolute Gasteiger partial charge is 0.124 e. The van der Waals surface area contributed by atoms with Gasteiger partial charge < -0.3 is 9.47 Å². The lowest BCUT2D eigenvalue weighted by Gasteiger charge is -2.09. The minimum absolute atomic E-state index is 0.821. The third-order valence-corrected chi connectivity index (χ3v) is 3.58. The molecule has 4 heteroatoms. The summed E-state index contributed by atoms with van der Waals surface area (Å²) in [5.74, 6) is 1.80. The van der Waals surface area contributed by atoms with Crippen molar-refractivity contribution in [2.75, 3.05) is 14.2 Å². The number of rotatable bonds is 4. The SMILES string of the molecule is COc1c(C)cc(N=Nc2cc(C)c(OC)c(C)c2)cc1C. The first-order valence-corrected chi connectivity index (χ1v) is 7.18. The molecule has 0 aliphatic carbocycles. The minimum Gasteiger partial charge on any atom is -0.496 e. The van der Waals surface area contributed by atoms with Crippen LogP contribution in [-0.2, 0) is 0 Å². The monoisotopic (exact) mass is 298 g/mol. The van der Waals surface area contributed by atoms with Gasteiger partial charge in [0.2, 0.25) is 0 Å². The fourth-order valence-electron chi connectivity index (χ4n) is 2.73. The van der Waals surface area contributed by atoms with Gasteiger partial charge in [-0.3, -0.25) is 0 Å². The summed E-state index contributed by atoms with van der Waals surface area (Å²) >= 11 is 0. The van der Waals surface area contributed by atoms with Gasteiger partial charge >= 0.3 is 0 Å². The summed E-state index contributed by atoms with van der Waals surface area (Å²) in [6.07, 6.45) is 0. The molecule has 0 aliphatic heterocycles. The molecule has 0 radical (unpaired) electrons. The highest BCUT2D eigenvalue weighted by Crippen LogP contribution is 2.31. The van der Waals surface area contributed by atoms with Crippen molar-refractivity contribution in [1.82, 2.24) is 0 Å². The standard InChI is InChI=1S/C18H22N2O2/c1-11-7-15(8-12(2)17(11)21-5)19-20-16-9-13(3)18(22-6)14(4)10-16/h7-10H,1-6H3. The predicted octanol–water partition coefficient (Wildman–Crippen LogP) is 5.35. The summed E-state index contributed by atoms with van der Waals surface area (Å²) in [5, 5.41) is 8.68. The number of nitrogens with zero attached hydrogens (tertiary/aromatic N) is 2. The van der Waals surface area contributed by atoms with Crippen LogP contribution in [0.15, 0.2) is 34.5 Å². The van der Waals surface area contributed by atoms with Crippen LogP contribution in [0.1, 0.15) is 22.3 Å². The Hall–Kier alpha value is -2.36. The largest absolute Gasteiger partial charge is 0.496 e. The van der Waals surface area contributed by atoms with Gasteiger partial charge in [0.15, 0.2) is 0 Å². The Bertz CT molecular complexity index is 614. The van der Waals surface area contributed by atoms with Crippen LogP contribution in [0.25, 0.3) is 0 Å². The van der Waals surface area contributed by atoms with Crippen molar-refractivity contribution >= 4 is 11.4 Å². The fraction of sp³-hybridized carbons (Fsp3) is 0.333. The quantitative estimate of drug-likeness (QED) is 0.714. The highest BCUT2D eigenvalue weighted by atomic mass is 16.5. The second-order valence-electron chi connectivity index (χ2n) is 5.43. The predicted molar refractivity (Wildman–Crippen MR) is 89.1 cm³/mol. The van der Waals surface area contributed by atoms with Crippen molar-refractivity contribution in [2.45, 2.75) is 27.7 Å². The first kappa shape index (κ1) is 16.0. The Morgan fingerprint density at radius 1 is 0.591 bits per heavy atom. The molecular weight excluding hydrogens is 276 g/mol. The van der Waals surface area contributed by atoms with Crippen LogP contribution in [0.5, 0.6) is 11.5 Å². The molecule has 0 atom stereocenters. The maximum Gasteiger partial charge on any atom is 0.124 e. The third kappa shape index (κ3) is 3.27. The third-order valence-electron chi connectivity index (χ3n) is 3.58. The molecule has 2 aromatic rings. The van der Waals surface area contributed by atoms with Crippen molar-refractivity contribution in [3.05, 3.63) is 46.5 Å². The van der Waals surface area contributed by atoms with Gasteiger partial charge in [0.05, 0.1) is 25.6 Å². The average molecular weight is 298 g/mol. The molecule has 0 amide bonds. The summed E-state index contributed by atoms with van der Waals surface area (Å²) in [6, 6.07) is 7.88. The lowest BCUT2D eigenvalue weighted by atomic mass is 10.1. The van der Waals surface area contributed by atoms with Crippen LogP contribution < -0.4 is 9.47 Å². The lowest BCUT2D eigenvalue weighted by molar-refractivity contribution is 0.408. The summed E-state index contributed by atoms with van der Waals surface area (Å²) in [4.78, 5) is 0. The fourth-order valence-corrected chi connectivity index (χ4v) is 2.73. The first-order chi connectivity index (χ1) is 10.5. The maximum atomic E-state index is 5.36. The lowest BCUT2D eigenvalue weighted by Crippen LogP contribution is -1.90. The van der Waals surface area contributed by atoms with Crippen LogP contribution in [0.4, 0.5) is 11.4 Å². The van der Waals surface area contributed by atoms with E-state index in [0.717, 1.165) is 45.1 Å². The van der Waals surface area contributed by atoms with E-state index in [4.69, 9.17) is 9.47 Å². The number of hydrogen-bond donors (Lipinski definition) is 0. The molecule has 0 aliphatic rings. The first-order valence-electron chi connectivity index (χ1n) is 7.18. The Balaban J connectivity index is 2.33. The van der Waals surface area contributed by atoms with E-state index in [0.29, 0.717) is 0 Å². The van der Waals surface area contributed by atoms with Crippen LogP contribution in [0, 0.1) is 27.7 Å². The average Bonchev–Trinajstić information content (AvgIpc) is 2.44. The van der Waals surface area contributed by atoms with E-state index < -0.39 is 0 Å². The highest BCUT2D eigenvalue weighted by molar-refractivity contribution is 5.54. The van der Waals surface area contributed by atoms with Gasteiger partial charge in [-0.15, -0.1) is 0 Å². The van der Waals surface area contributed by atoms with Crippen molar-refractivity contribution < 1.29 is 9.47 Å². The summed E-state index contributed by atoms with van der Waals surface area (Å²) in [6.45, 7) is 8.03. The second-order valence-corrected chi connectivity index (χ2v) is 5.43. The van der Waals surface area contributed by atoms with Gasteiger partial charge in [-0.05, 0) is 74.2 Å². The zero-order valence-electron chi connectivity index (χ0n) is 14.0. The molecule has 22 heavy (non-hydrogen) atoms. The minimum atomic E-state index is 0.821. The summed E-state index contributed by atoms with van der Waals surface area (Å²) < 4.78 is 10.7. The molecule has 4 nitrogen and oxygen atoms in total. The molecule has 2 rings (SSSR count). The second kappa shape index (κ2) is 6.60. The maximum absolute atomic E-state index is 5.36. The molecule has 0 unspecified atom stereocenters. The number of hydrogen-bond acceptors (Lipinski definition) is 4. The molecule has 116 valence electrons. The molecule has 0 saturated heterocycles. The molecule has 0 saturated carbocycles. The van der Waals surface area contributed by atoms with E-state index in [1.165, 1.54) is 0 Å². The molecule has 0 bridgehead atoms. The van der Waals surface area contributed by atoms with E-state index in [9.17, 15) is 0 Å². The van der Waals surface area contributed by atoms with Gasteiger partial charge in [0.25, 0.3) is 0 Å². The molecule has 0 spiro atoms. The van der Waals surface area contributed by atoms with Crippen molar-refractivity contribution in [3.8, 4) is 11.5 Å². The van der Waals surface area contributed by atoms with E-state index >= 15 is 0 Å². The summed E-state index contributed by atoms with van der Waals surface area (Å²) in [5.41, 5.74) is 5.86. The number of methoxy groups -OCH3 is 2. The molecule has 0 fully saturated rings. The van der Waals surface area contributed by atoms with Crippen LogP contribution >= 0.6 is 0 Å². The van der Waals surface area contributed by atoms with Crippen LogP contribution in [-0.4, -0.2) is 14.2 Å². The zero-order chi connectivity index (χ0) is 16.3. The van der Waals surface area contributed by atoms with E-state index in [-0.39, 0.29) is 0 Å². The van der Waals surface area contributed by atoms with E-state index in [1.807, 2.05) is 52.0 Å². The topological polar surface area (TPSA) is 43.2 Å². The van der Waals surface area contributed by atoms with Gasteiger partial charge in [0.1, 0.15) is 11.5 Å². The molecule has 0 heterocycles. The van der Waals surface area contributed by atoms with E-state index in [1.54, 1.807) is 14.2 Å². The number of aryl methyl sites for hydroxylation is 4. The number of benzene rings is 2. The normalized spacial score (nSPS) is 11.0. The summed E-state index contributed by atoms with van der Waals surface area (Å²) in [7, 11) is 3.36. The molecule has 2 aromatic carbocycles. The number of ether oxygens (including phenoxy) is 2. The van der Waals surface area contributed by atoms with Gasteiger partial charge in [0, 0.05) is 0 Å². The Morgan fingerprint density at radius 2 is 0.864 bits per heavy atom. The van der Waals surface area contributed by atoms with Crippen LogP contribution in [0.3, 0.4) is 0 Å². The van der Waals surface area contributed by atoms with Gasteiger partial charge in [-0.2, -0.15) is 10.2 Å². The number of azo groups is 1. The van der Waals surface area contributed by atoms with Crippen molar-refractivity contribution in [1.29, 1.82) is 0 Å². The van der Waals surface area contributed by atoms with Crippen molar-refractivity contribution in [3.63, 3.8) is 0 Å². The van der Waals surface area contributed by atoms with Crippen molar-refractivity contribution in [2.24, 2.45) is 10.2 Å². The Kier molecular flexibility index (Phi) is 4.81. The molecule has 0 aromatic heterocycles. The highest BCUT2D eigenvalue weighted by Gasteiger charge is 2.06. The van der Waals surface area contributed by atoms with E-state index in [2.05, 4.69) is 10.2 Å². The molecule has 0 N–H and O–H groups in total. The zero-order valence-corrected chi connectivity index (χ0v) is 14.0.